The van der Waals surface area contributed by atoms with Crippen molar-refractivity contribution in [3.05, 3.63) is 51.4 Å². The fraction of sp³-hybridized carbons (Fsp3) is 0.154. The van der Waals surface area contributed by atoms with Crippen molar-refractivity contribution in [3.8, 4) is 0 Å². The quantitative estimate of drug-likeness (QED) is 0.882. The van der Waals surface area contributed by atoms with E-state index in [1.807, 2.05) is 0 Å². The number of methoxy groups -OCH3 is 1. The maximum Gasteiger partial charge on any atom is 0.343 e. The van der Waals surface area contributed by atoms with E-state index in [-0.39, 0.29) is 11.4 Å². The second kappa shape index (κ2) is 6.07. The van der Waals surface area contributed by atoms with Crippen LogP contribution < -0.4 is 5.73 Å². The van der Waals surface area contributed by atoms with Crippen molar-refractivity contribution < 1.29 is 9.53 Å². The highest BCUT2D eigenvalue weighted by atomic mass is 35.5. The number of ether oxygens (including phenoxy) is 1. The van der Waals surface area contributed by atoms with Crippen LogP contribution in [0.25, 0.3) is 0 Å². The van der Waals surface area contributed by atoms with Gasteiger partial charge in [-0.3, -0.25) is 0 Å². The van der Waals surface area contributed by atoms with E-state index in [9.17, 15) is 4.79 Å². The molecule has 2 rings (SSSR count). The average molecular weight is 312 g/mol. The van der Waals surface area contributed by atoms with E-state index in [0.717, 1.165) is 0 Å². The van der Waals surface area contributed by atoms with Gasteiger partial charge >= 0.3 is 5.97 Å². The molecule has 0 spiro atoms. The Kier molecular flexibility index (Phi) is 4.42. The third kappa shape index (κ3) is 3.00. The maximum atomic E-state index is 11.4. The third-order valence-electron chi connectivity index (χ3n) is 2.67. The van der Waals surface area contributed by atoms with Gasteiger partial charge in [-0.2, -0.15) is 0 Å². The summed E-state index contributed by atoms with van der Waals surface area (Å²) in [6.07, 6.45) is 1.65. The molecule has 0 radical (unpaired) electrons. The maximum absolute atomic E-state index is 11.4. The van der Waals surface area contributed by atoms with Crippen LogP contribution in [0, 0.1) is 0 Å². The predicted octanol–water partition coefficient (Wildman–Crippen LogP) is 2.74. The van der Waals surface area contributed by atoms with Gasteiger partial charge in [-0.25, -0.2) is 14.8 Å². The first-order valence-electron chi connectivity index (χ1n) is 5.65. The summed E-state index contributed by atoms with van der Waals surface area (Å²) in [7, 11) is 1.26. The van der Waals surface area contributed by atoms with Gasteiger partial charge in [0.15, 0.2) is 0 Å². The first-order valence-corrected chi connectivity index (χ1v) is 6.41. The Bertz CT molecular complexity index is 642. The number of esters is 1. The smallest absolute Gasteiger partial charge is 0.343 e. The summed E-state index contributed by atoms with van der Waals surface area (Å²) < 4.78 is 4.57. The number of anilines is 1. The zero-order valence-corrected chi connectivity index (χ0v) is 12.1. The Morgan fingerprint density at radius 1 is 1.35 bits per heavy atom. The standard InChI is InChI=1S/C13H11Cl2N3O2/c1-20-13(19)8-6-17-11(18-12(8)16)5-7-9(14)3-2-4-10(7)15/h2-4,6H,5H2,1H3,(H2,16,17,18). The summed E-state index contributed by atoms with van der Waals surface area (Å²) >= 11 is 12.2. The highest BCUT2D eigenvalue weighted by molar-refractivity contribution is 6.36. The monoisotopic (exact) mass is 311 g/mol. The van der Waals surface area contributed by atoms with Crippen LogP contribution in [0.2, 0.25) is 10.0 Å². The number of carbonyl (C=O) groups is 1. The molecular weight excluding hydrogens is 301 g/mol. The lowest BCUT2D eigenvalue weighted by Crippen LogP contribution is -2.10. The Labute approximate surface area is 125 Å². The van der Waals surface area contributed by atoms with Gasteiger partial charge in [0.05, 0.1) is 7.11 Å². The summed E-state index contributed by atoms with van der Waals surface area (Å²) in [5.74, 6) is -0.0972. The zero-order valence-electron chi connectivity index (χ0n) is 10.6. The molecule has 0 aliphatic rings. The summed E-state index contributed by atoms with van der Waals surface area (Å²) in [4.78, 5) is 19.5. The zero-order chi connectivity index (χ0) is 14.7. The fourth-order valence-corrected chi connectivity index (χ4v) is 2.18. The number of nitrogens with two attached hydrogens (primary N) is 1. The van der Waals surface area contributed by atoms with Crippen molar-refractivity contribution in [1.82, 2.24) is 9.97 Å². The number of hydrogen-bond donors (Lipinski definition) is 1. The second-order valence-electron chi connectivity index (χ2n) is 3.95. The van der Waals surface area contributed by atoms with E-state index < -0.39 is 5.97 Å². The highest BCUT2D eigenvalue weighted by Crippen LogP contribution is 2.26. The van der Waals surface area contributed by atoms with Crippen LogP contribution in [0.5, 0.6) is 0 Å². The molecule has 1 heterocycles. The average Bonchev–Trinajstić information content (AvgIpc) is 2.42. The molecule has 104 valence electrons. The van der Waals surface area contributed by atoms with E-state index in [2.05, 4.69) is 14.7 Å². The number of nitrogens with zero attached hydrogens (tertiary/aromatic N) is 2. The SMILES string of the molecule is COC(=O)c1cnc(Cc2c(Cl)cccc2Cl)nc1N. The van der Waals surface area contributed by atoms with Crippen LogP contribution >= 0.6 is 23.2 Å². The molecule has 0 fully saturated rings. The van der Waals surface area contributed by atoms with Crippen LogP contribution in [0.3, 0.4) is 0 Å². The molecule has 0 aliphatic heterocycles. The number of rotatable bonds is 3. The lowest BCUT2D eigenvalue weighted by Gasteiger charge is -2.08. The summed E-state index contributed by atoms with van der Waals surface area (Å²) in [6.45, 7) is 0. The summed E-state index contributed by atoms with van der Waals surface area (Å²) in [5.41, 5.74) is 6.55. The molecule has 2 aromatic rings. The molecule has 1 aromatic heterocycles. The molecule has 0 unspecified atom stereocenters. The van der Waals surface area contributed by atoms with Gasteiger partial charge < -0.3 is 10.5 Å². The molecule has 0 saturated heterocycles. The van der Waals surface area contributed by atoms with Gasteiger partial charge in [0.2, 0.25) is 0 Å². The lowest BCUT2D eigenvalue weighted by atomic mass is 10.1. The topological polar surface area (TPSA) is 78.1 Å². The molecule has 2 N–H and O–H groups in total. The minimum Gasteiger partial charge on any atom is -0.465 e. The van der Waals surface area contributed by atoms with E-state index >= 15 is 0 Å². The van der Waals surface area contributed by atoms with Crippen molar-refractivity contribution in [2.75, 3.05) is 12.8 Å². The number of nitrogen functional groups attached to an aromatic ring is 1. The largest absolute Gasteiger partial charge is 0.465 e. The Morgan fingerprint density at radius 2 is 2.00 bits per heavy atom. The number of halogens is 2. The van der Waals surface area contributed by atoms with E-state index in [4.69, 9.17) is 28.9 Å². The van der Waals surface area contributed by atoms with Gasteiger partial charge in [0.25, 0.3) is 0 Å². The van der Waals surface area contributed by atoms with Gasteiger partial charge in [-0.1, -0.05) is 29.3 Å². The molecule has 0 aliphatic carbocycles. The normalized spacial score (nSPS) is 10.3. The predicted molar refractivity (Wildman–Crippen MR) is 77.1 cm³/mol. The van der Waals surface area contributed by atoms with Crippen LogP contribution in [-0.2, 0) is 11.2 Å². The van der Waals surface area contributed by atoms with E-state index in [1.54, 1.807) is 18.2 Å². The van der Waals surface area contributed by atoms with Crippen LogP contribution in [0.4, 0.5) is 5.82 Å². The molecule has 1 aromatic carbocycles. The highest BCUT2D eigenvalue weighted by Gasteiger charge is 2.14. The number of aromatic nitrogens is 2. The van der Waals surface area contributed by atoms with Crippen molar-refractivity contribution in [2.45, 2.75) is 6.42 Å². The Balaban J connectivity index is 2.32. The van der Waals surface area contributed by atoms with Crippen LogP contribution in [-0.4, -0.2) is 23.0 Å². The number of hydrogen-bond acceptors (Lipinski definition) is 5. The summed E-state index contributed by atoms with van der Waals surface area (Å²) in [5, 5.41) is 1.05. The molecule has 5 nitrogen and oxygen atoms in total. The first kappa shape index (κ1) is 14.6. The fourth-order valence-electron chi connectivity index (χ4n) is 1.65. The molecule has 7 heteroatoms. The summed E-state index contributed by atoms with van der Waals surface area (Å²) in [6, 6.07) is 5.22. The Morgan fingerprint density at radius 3 is 2.55 bits per heavy atom. The third-order valence-corrected chi connectivity index (χ3v) is 3.38. The molecule has 0 amide bonds. The molecule has 0 atom stereocenters. The van der Waals surface area contributed by atoms with E-state index in [1.165, 1.54) is 13.3 Å². The first-order chi connectivity index (χ1) is 9.52. The molecule has 0 saturated carbocycles. The minimum atomic E-state index is -0.579. The number of benzene rings is 1. The van der Waals surface area contributed by atoms with Crippen LogP contribution in [0.15, 0.2) is 24.4 Å². The van der Waals surface area contributed by atoms with Gasteiger partial charge in [-0.15, -0.1) is 0 Å². The lowest BCUT2D eigenvalue weighted by molar-refractivity contribution is 0.0601. The van der Waals surface area contributed by atoms with Crippen molar-refractivity contribution in [2.24, 2.45) is 0 Å². The van der Waals surface area contributed by atoms with Crippen molar-refractivity contribution in [3.63, 3.8) is 0 Å². The van der Waals surface area contributed by atoms with Crippen molar-refractivity contribution in [1.29, 1.82) is 0 Å². The van der Waals surface area contributed by atoms with Gasteiger partial charge in [0.1, 0.15) is 17.2 Å². The van der Waals surface area contributed by atoms with Gasteiger partial charge in [0, 0.05) is 22.7 Å². The minimum absolute atomic E-state index is 0.0602. The second-order valence-corrected chi connectivity index (χ2v) is 4.77. The molecular formula is C13H11Cl2N3O2. The molecule has 0 bridgehead atoms. The van der Waals surface area contributed by atoms with Crippen molar-refractivity contribution >= 4 is 35.0 Å². The van der Waals surface area contributed by atoms with E-state index in [0.29, 0.717) is 27.9 Å². The molecule has 20 heavy (non-hydrogen) atoms. The van der Waals surface area contributed by atoms with Gasteiger partial charge in [-0.05, 0) is 17.7 Å². The Hall–Kier alpha value is -1.85. The van der Waals surface area contributed by atoms with Crippen LogP contribution in [0.1, 0.15) is 21.7 Å². The number of carbonyl (C=O) groups excluding carboxylic acids is 1.